The molecule has 1 aromatic carbocycles. The van der Waals surface area contributed by atoms with Crippen molar-refractivity contribution in [2.45, 2.75) is 32.6 Å². The van der Waals surface area contributed by atoms with E-state index in [-0.39, 0.29) is 17.5 Å². The molecule has 0 saturated heterocycles. The molecule has 0 unspecified atom stereocenters. The first-order chi connectivity index (χ1) is 10.7. The third-order valence-corrected chi connectivity index (χ3v) is 4.08. The van der Waals surface area contributed by atoms with Crippen molar-refractivity contribution < 1.29 is 4.42 Å². The summed E-state index contributed by atoms with van der Waals surface area (Å²) in [5.74, 6) is 1.09. The Morgan fingerprint density at radius 3 is 2.77 bits per heavy atom. The second-order valence-corrected chi connectivity index (χ2v) is 5.60. The van der Waals surface area contributed by atoms with Gasteiger partial charge in [-0.25, -0.2) is 10.4 Å². The largest absolute Gasteiger partial charge is 0.422 e. The van der Waals surface area contributed by atoms with Crippen LogP contribution in [0.1, 0.15) is 49.8 Å². The third kappa shape index (κ3) is 3.74. The lowest BCUT2D eigenvalue weighted by molar-refractivity contribution is 0.439. The molecule has 0 aliphatic carbocycles. The van der Waals surface area contributed by atoms with Gasteiger partial charge in [-0.15, -0.1) is 0 Å². The zero-order valence-electron chi connectivity index (χ0n) is 12.5. The summed E-state index contributed by atoms with van der Waals surface area (Å²) in [5, 5.41) is 13.3. The number of benzene rings is 1. The molecule has 6 heteroatoms. The van der Waals surface area contributed by atoms with Crippen molar-refractivity contribution in [3.05, 3.63) is 45.9 Å². The standard InChI is InChI=1S/C16H17BrN4O/c1-3-11(4-2)15-20-14(9-18)16(22-15)21-19-10-12-7-5-6-8-13(12)17/h5-8,10-11,21H,3-4H2,1-2H3/b19-10+. The van der Waals surface area contributed by atoms with Gasteiger partial charge in [0.2, 0.25) is 11.6 Å². The molecule has 2 rings (SSSR count). The number of hydrogen-bond acceptors (Lipinski definition) is 5. The lowest BCUT2D eigenvalue weighted by atomic mass is 10.0. The van der Waals surface area contributed by atoms with Crippen LogP contribution in [0.5, 0.6) is 0 Å². The molecule has 0 aliphatic rings. The lowest BCUT2D eigenvalue weighted by Crippen LogP contribution is -1.95. The van der Waals surface area contributed by atoms with Crippen LogP contribution in [0.15, 0.2) is 38.3 Å². The van der Waals surface area contributed by atoms with Crippen LogP contribution < -0.4 is 5.43 Å². The van der Waals surface area contributed by atoms with Gasteiger partial charge in [0, 0.05) is 16.0 Å². The average Bonchev–Trinajstić information content (AvgIpc) is 2.93. The van der Waals surface area contributed by atoms with E-state index in [9.17, 15) is 0 Å². The molecule has 2 aromatic rings. The van der Waals surface area contributed by atoms with Gasteiger partial charge in [0.25, 0.3) is 5.88 Å². The summed E-state index contributed by atoms with van der Waals surface area (Å²) in [7, 11) is 0. The van der Waals surface area contributed by atoms with Crippen molar-refractivity contribution in [1.29, 1.82) is 5.26 Å². The van der Waals surface area contributed by atoms with Crippen molar-refractivity contribution in [2.75, 3.05) is 5.43 Å². The molecular weight excluding hydrogens is 344 g/mol. The first-order valence-electron chi connectivity index (χ1n) is 7.14. The average molecular weight is 361 g/mol. The fourth-order valence-corrected chi connectivity index (χ4v) is 2.43. The number of halogens is 1. The second kappa shape index (κ2) is 7.76. The molecule has 1 N–H and O–H groups in total. The molecule has 0 fully saturated rings. The Balaban J connectivity index is 2.16. The van der Waals surface area contributed by atoms with E-state index in [0.717, 1.165) is 22.9 Å². The van der Waals surface area contributed by atoms with Gasteiger partial charge in [-0.3, -0.25) is 0 Å². The van der Waals surface area contributed by atoms with E-state index < -0.39 is 0 Å². The van der Waals surface area contributed by atoms with Crippen LogP contribution in [-0.4, -0.2) is 11.2 Å². The number of rotatable bonds is 6. The molecule has 0 radical (unpaired) electrons. The molecule has 114 valence electrons. The summed E-state index contributed by atoms with van der Waals surface area (Å²) in [5.41, 5.74) is 3.91. The van der Waals surface area contributed by atoms with Crippen LogP contribution in [0.4, 0.5) is 5.88 Å². The minimum absolute atomic E-state index is 0.217. The van der Waals surface area contributed by atoms with Crippen LogP contribution in [0, 0.1) is 11.3 Å². The van der Waals surface area contributed by atoms with Gasteiger partial charge in [-0.05, 0) is 18.9 Å². The molecule has 22 heavy (non-hydrogen) atoms. The normalized spacial score (nSPS) is 11.0. The molecule has 0 aliphatic heterocycles. The minimum Gasteiger partial charge on any atom is -0.422 e. The minimum atomic E-state index is 0.217. The number of nitrogens with one attached hydrogen (secondary N) is 1. The van der Waals surface area contributed by atoms with Gasteiger partial charge in [-0.1, -0.05) is 48.0 Å². The third-order valence-electron chi connectivity index (χ3n) is 3.36. The van der Waals surface area contributed by atoms with Crippen molar-refractivity contribution in [3.63, 3.8) is 0 Å². The molecule has 1 aromatic heterocycles. The zero-order valence-corrected chi connectivity index (χ0v) is 14.1. The summed E-state index contributed by atoms with van der Waals surface area (Å²) in [4.78, 5) is 4.24. The Kier molecular flexibility index (Phi) is 5.73. The van der Waals surface area contributed by atoms with E-state index in [1.807, 2.05) is 30.3 Å². The second-order valence-electron chi connectivity index (χ2n) is 4.75. The van der Waals surface area contributed by atoms with Crippen LogP contribution in [0.3, 0.4) is 0 Å². The van der Waals surface area contributed by atoms with Gasteiger partial charge in [0.15, 0.2) is 0 Å². The number of nitriles is 1. The van der Waals surface area contributed by atoms with Gasteiger partial charge in [-0.2, -0.15) is 10.4 Å². The lowest BCUT2D eigenvalue weighted by Gasteiger charge is -2.05. The number of hydrazone groups is 1. The summed E-state index contributed by atoms with van der Waals surface area (Å²) in [6.45, 7) is 4.14. The van der Waals surface area contributed by atoms with Crippen molar-refractivity contribution >= 4 is 28.0 Å². The molecule has 0 spiro atoms. The zero-order chi connectivity index (χ0) is 15.9. The van der Waals surface area contributed by atoms with Gasteiger partial charge >= 0.3 is 0 Å². The number of oxazole rings is 1. The Hall–Kier alpha value is -2.13. The fraction of sp³-hybridized carbons (Fsp3) is 0.312. The number of hydrogen-bond donors (Lipinski definition) is 1. The van der Waals surface area contributed by atoms with E-state index >= 15 is 0 Å². The molecule has 0 atom stereocenters. The molecular formula is C16H17BrN4O. The molecule has 0 amide bonds. The molecule has 1 heterocycles. The summed E-state index contributed by atoms with van der Waals surface area (Å²) < 4.78 is 6.59. The monoisotopic (exact) mass is 360 g/mol. The smallest absolute Gasteiger partial charge is 0.252 e. The first kappa shape index (κ1) is 16.2. The fourth-order valence-electron chi connectivity index (χ4n) is 2.04. The highest BCUT2D eigenvalue weighted by Crippen LogP contribution is 2.27. The van der Waals surface area contributed by atoms with Crippen LogP contribution in [-0.2, 0) is 0 Å². The van der Waals surface area contributed by atoms with E-state index in [1.54, 1.807) is 6.21 Å². The van der Waals surface area contributed by atoms with Crippen LogP contribution in [0.25, 0.3) is 0 Å². The maximum atomic E-state index is 9.15. The molecule has 0 bridgehead atoms. The predicted molar refractivity (Wildman–Crippen MR) is 89.9 cm³/mol. The van der Waals surface area contributed by atoms with Gasteiger partial charge < -0.3 is 4.42 Å². The highest BCUT2D eigenvalue weighted by molar-refractivity contribution is 9.10. The van der Waals surface area contributed by atoms with E-state index in [1.165, 1.54) is 0 Å². The predicted octanol–water partition coefficient (Wildman–Crippen LogP) is 4.66. The Bertz CT molecular complexity index is 698. The summed E-state index contributed by atoms with van der Waals surface area (Å²) in [6.07, 6.45) is 3.49. The van der Waals surface area contributed by atoms with Crippen molar-refractivity contribution in [2.24, 2.45) is 5.10 Å². The van der Waals surface area contributed by atoms with Gasteiger partial charge in [0.05, 0.1) is 6.21 Å². The molecule has 5 nitrogen and oxygen atoms in total. The SMILES string of the molecule is CCC(CC)c1nc(C#N)c(N/N=C/c2ccccc2Br)o1. The van der Waals surface area contributed by atoms with Crippen LogP contribution >= 0.6 is 15.9 Å². The number of nitrogens with zero attached hydrogens (tertiary/aromatic N) is 3. The Morgan fingerprint density at radius 1 is 1.41 bits per heavy atom. The maximum Gasteiger partial charge on any atom is 0.252 e. The number of anilines is 1. The summed E-state index contributed by atoms with van der Waals surface area (Å²) >= 11 is 3.45. The topological polar surface area (TPSA) is 74.2 Å². The number of aromatic nitrogens is 1. The Labute approximate surface area is 138 Å². The van der Waals surface area contributed by atoms with E-state index in [4.69, 9.17) is 9.68 Å². The van der Waals surface area contributed by atoms with Gasteiger partial charge in [0.1, 0.15) is 6.07 Å². The first-order valence-corrected chi connectivity index (χ1v) is 7.93. The van der Waals surface area contributed by atoms with E-state index in [2.05, 4.69) is 45.3 Å². The summed E-state index contributed by atoms with van der Waals surface area (Å²) in [6, 6.07) is 9.74. The van der Waals surface area contributed by atoms with Crippen molar-refractivity contribution in [1.82, 2.24) is 4.98 Å². The maximum absolute atomic E-state index is 9.15. The van der Waals surface area contributed by atoms with E-state index in [0.29, 0.717) is 5.89 Å². The Morgan fingerprint density at radius 2 is 2.14 bits per heavy atom. The quantitative estimate of drug-likeness (QED) is 0.600. The molecule has 0 saturated carbocycles. The van der Waals surface area contributed by atoms with Crippen LogP contribution in [0.2, 0.25) is 0 Å². The highest BCUT2D eigenvalue weighted by atomic mass is 79.9. The highest BCUT2D eigenvalue weighted by Gasteiger charge is 2.18. The van der Waals surface area contributed by atoms with Crippen molar-refractivity contribution in [3.8, 4) is 6.07 Å².